The Kier molecular flexibility index (Phi) is 5.15. The molecule has 5 aromatic rings. The van der Waals surface area contributed by atoms with E-state index in [1.807, 2.05) is 117 Å². The van der Waals surface area contributed by atoms with Gasteiger partial charge in [0.15, 0.2) is 0 Å². The summed E-state index contributed by atoms with van der Waals surface area (Å²) in [6, 6.07) is 33.3. The normalized spacial score (nSPS) is 13.8. The van der Waals surface area contributed by atoms with Crippen LogP contribution in [0.2, 0.25) is 0 Å². The van der Waals surface area contributed by atoms with E-state index in [-0.39, 0.29) is 17.5 Å². The molecule has 5 aromatic carbocycles. The number of imide groups is 1. The minimum absolute atomic E-state index is 0.285. The number of fused-ring (bicyclic) bond motifs is 2. The number of carbonyl (C=O) groups excluding carboxylic acids is 2. The Labute approximate surface area is 209 Å². The molecule has 1 aliphatic rings. The third kappa shape index (κ3) is 3.46. The summed E-state index contributed by atoms with van der Waals surface area (Å²) in [5, 5.41) is 7.22. The first-order chi connectivity index (χ1) is 17.5. The second-order valence-electron chi connectivity index (χ2n) is 9.14. The predicted molar refractivity (Wildman–Crippen MR) is 147 cm³/mol. The molecule has 0 saturated heterocycles. The van der Waals surface area contributed by atoms with E-state index in [1.54, 1.807) is 0 Å². The molecule has 0 fully saturated rings. The number of anilines is 2. The van der Waals surface area contributed by atoms with Gasteiger partial charge in [-0.2, -0.15) is 0 Å². The summed E-state index contributed by atoms with van der Waals surface area (Å²) in [5.74, 6) is -0.695. The highest BCUT2D eigenvalue weighted by molar-refractivity contribution is 6.47. The van der Waals surface area contributed by atoms with Crippen molar-refractivity contribution in [3.63, 3.8) is 0 Å². The van der Waals surface area contributed by atoms with Crippen molar-refractivity contribution in [1.82, 2.24) is 0 Å². The monoisotopic (exact) mass is 468 g/mol. The van der Waals surface area contributed by atoms with Gasteiger partial charge in [0.1, 0.15) is 5.70 Å². The average molecular weight is 469 g/mol. The van der Waals surface area contributed by atoms with Gasteiger partial charge in [-0.05, 0) is 53.4 Å². The fraction of sp³-hybridized carbons (Fsp3) is 0.0625. The van der Waals surface area contributed by atoms with E-state index in [9.17, 15) is 9.59 Å². The SMILES string of the molecule is Cc1ccc(C2=C(Nc3cccc4ccccc34)C(=O)N(c3cccc4ccccc34)C2=O)cc1C. The molecule has 0 spiro atoms. The Morgan fingerprint density at radius 3 is 2.00 bits per heavy atom. The number of aryl methyl sites for hydroxylation is 2. The first kappa shape index (κ1) is 21.8. The molecule has 4 heteroatoms. The van der Waals surface area contributed by atoms with Crippen LogP contribution in [0.25, 0.3) is 27.1 Å². The molecule has 174 valence electrons. The number of nitrogens with zero attached hydrogens (tertiary/aromatic N) is 1. The van der Waals surface area contributed by atoms with Crippen LogP contribution >= 0.6 is 0 Å². The van der Waals surface area contributed by atoms with Crippen molar-refractivity contribution in [1.29, 1.82) is 0 Å². The number of hydrogen-bond donors (Lipinski definition) is 1. The number of amides is 2. The Morgan fingerprint density at radius 2 is 1.25 bits per heavy atom. The number of hydrogen-bond acceptors (Lipinski definition) is 3. The quantitative estimate of drug-likeness (QED) is 0.289. The summed E-state index contributed by atoms with van der Waals surface area (Å²) in [4.78, 5) is 29.4. The zero-order chi connectivity index (χ0) is 24.8. The first-order valence-corrected chi connectivity index (χ1v) is 12.0. The standard InChI is InChI=1S/C32H24N2O2/c1-20-17-18-24(19-21(20)2)29-30(33-27-15-7-11-22-9-3-5-13-25(22)27)32(36)34(31(29)35)28-16-8-12-23-10-4-6-14-26(23)28/h3-19,33H,1-2H3. The maximum atomic E-state index is 14.0. The number of carbonyl (C=O) groups is 2. The smallest absolute Gasteiger partial charge is 0.282 e. The Bertz CT molecular complexity index is 1720. The highest BCUT2D eigenvalue weighted by Gasteiger charge is 2.41. The lowest BCUT2D eigenvalue weighted by Crippen LogP contribution is -2.32. The van der Waals surface area contributed by atoms with Crippen molar-refractivity contribution < 1.29 is 9.59 Å². The van der Waals surface area contributed by atoms with Crippen LogP contribution in [0, 0.1) is 13.8 Å². The predicted octanol–water partition coefficient (Wildman–Crippen LogP) is 7.01. The fourth-order valence-electron chi connectivity index (χ4n) is 4.90. The van der Waals surface area contributed by atoms with Crippen molar-refractivity contribution in [3.8, 4) is 0 Å². The van der Waals surface area contributed by atoms with Gasteiger partial charge in [0.25, 0.3) is 11.8 Å². The lowest BCUT2D eigenvalue weighted by molar-refractivity contribution is -0.120. The summed E-state index contributed by atoms with van der Waals surface area (Å²) in [6.45, 7) is 4.05. The van der Waals surface area contributed by atoms with E-state index in [4.69, 9.17) is 0 Å². The Morgan fingerprint density at radius 1 is 0.611 bits per heavy atom. The van der Waals surface area contributed by atoms with Gasteiger partial charge in [-0.3, -0.25) is 9.59 Å². The maximum absolute atomic E-state index is 14.0. The molecule has 0 aromatic heterocycles. The van der Waals surface area contributed by atoms with E-state index in [0.717, 1.165) is 43.9 Å². The van der Waals surface area contributed by atoms with Crippen LogP contribution in [0.4, 0.5) is 11.4 Å². The van der Waals surface area contributed by atoms with Crippen LogP contribution in [0.5, 0.6) is 0 Å². The molecule has 1 heterocycles. The minimum atomic E-state index is -0.363. The highest BCUT2D eigenvalue weighted by Crippen LogP contribution is 2.38. The van der Waals surface area contributed by atoms with Crippen LogP contribution in [0.3, 0.4) is 0 Å². The Hall–Kier alpha value is -4.70. The van der Waals surface area contributed by atoms with E-state index in [1.165, 1.54) is 4.90 Å². The van der Waals surface area contributed by atoms with E-state index >= 15 is 0 Å². The van der Waals surface area contributed by atoms with Gasteiger partial charge in [0.05, 0.1) is 11.3 Å². The summed E-state index contributed by atoms with van der Waals surface area (Å²) < 4.78 is 0. The lowest BCUT2D eigenvalue weighted by atomic mass is 9.99. The molecule has 0 radical (unpaired) electrons. The topological polar surface area (TPSA) is 49.4 Å². The summed E-state index contributed by atoms with van der Waals surface area (Å²) in [7, 11) is 0. The van der Waals surface area contributed by atoms with E-state index in [0.29, 0.717) is 11.3 Å². The fourth-order valence-corrected chi connectivity index (χ4v) is 4.90. The molecule has 0 atom stereocenters. The second kappa shape index (κ2) is 8.51. The molecule has 0 aliphatic carbocycles. The van der Waals surface area contributed by atoms with Gasteiger partial charge in [-0.25, -0.2) is 4.90 Å². The van der Waals surface area contributed by atoms with Crippen LogP contribution < -0.4 is 10.2 Å². The maximum Gasteiger partial charge on any atom is 0.282 e. The molecule has 0 unspecified atom stereocenters. The van der Waals surface area contributed by atoms with Gasteiger partial charge < -0.3 is 5.32 Å². The molecule has 0 bridgehead atoms. The zero-order valence-corrected chi connectivity index (χ0v) is 20.1. The molecular weight excluding hydrogens is 444 g/mol. The van der Waals surface area contributed by atoms with Crippen LogP contribution in [-0.4, -0.2) is 11.8 Å². The van der Waals surface area contributed by atoms with Gasteiger partial charge >= 0.3 is 0 Å². The van der Waals surface area contributed by atoms with Crippen molar-refractivity contribution in [3.05, 3.63) is 126 Å². The molecule has 2 amide bonds. The molecular formula is C32H24N2O2. The van der Waals surface area contributed by atoms with Crippen molar-refractivity contribution in [2.24, 2.45) is 0 Å². The van der Waals surface area contributed by atoms with Gasteiger partial charge in [-0.15, -0.1) is 0 Å². The first-order valence-electron chi connectivity index (χ1n) is 12.0. The summed E-state index contributed by atoms with van der Waals surface area (Å²) in [5.41, 5.74) is 4.95. The molecule has 6 rings (SSSR count). The van der Waals surface area contributed by atoms with Crippen LogP contribution in [0.15, 0.2) is 109 Å². The van der Waals surface area contributed by atoms with Gasteiger partial charge in [-0.1, -0.05) is 91.0 Å². The van der Waals surface area contributed by atoms with Crippen molar-refractivity contribution in [2.45, 2.75) is 13.8 Å². The van der Waals surface area contributed by atoms with Crippen molar-refractivity contribution >= 4 is 50.3 Å². The molecule has 1 aliphatic heterocycles. The third-order valence-corrected chi connectivity index (χ3v) is 6.94. The molecule has 4 nitrogen and oxygen atoms in total. The van der Waals surface area contributed by atoms with E-state index < -0.39 is 0 Å². The summed E-state index contributed by atoms with van der Waals surface area (Å²) >= 11 is 0. The largest absolute Gasteiger partial charge is 0.350 e. The zero-order valence-electron chi connectivity index (χ0n) is 20.1. The average Bonchev–Trinajstić information content (AvgIpc) is 3.14. The van der Waals surface area contributed by atoms with Gasteiger partial charge in [0.2, 0.25) is 0 Å². The minimum Gasteiger partial charge on any atom is -0.350 e. The molecule has 0 saturated carbocycles. The summed E-state index contributed by atoms with van der Waals surface area (Å²) in [6.07, 6.45) is 0. The number of benzene rings is 5. The van der Waals surface area contributed by atoms with Gasteiger partial charge in [0, 0.05) is 16.5 Å². The lowest BCUT2D eigenvalue weighted by Gasteiger charge is -2.18. The number of nitrogens with one attached hydrogen (secondary N) is 1. The second-order valence-corrected chi connectivity index (χ2v) is 9.14. The third-order valence-electron chi connectivity index (χ3n) is 6.94. The van der Waals surface area contributed by atoms with Crippen LogP contribution in [0.1, 0.15) is 16.7 Å². The number of rotatable bonds is 4. The van der Waals surface area contributed by atoms with Crippen LogP contribution in [-0.2, 0) is 9.59 Å². The molecule has 1 N–H and O–H groups in total. The highest BCUT2D eigenvalue weighted by atomic mass is 16.2. The van der Waals surface area contributed by atoms with E-state index in [2.05, 4.69) is 5.32 Å². The molecule has 36 heavy (non-hydrogen) atoms. The Balaban J connectivity index is 1.55. The van der Waals surface area contributed by atoms with Crippen molar-refractivity contribution in [2.75, 3.05) is 10.2 Å².